The summed E-state index contributed by atoms with van der Waals surface area (Å²) < 4.78 is 0. The molecule has 2 unspecified atom stereocenters. The van der Waals surface area contributed by atoms with Crippen molar-refractivity contribution in [1.29, 1.82) is 0 Å². The van der Waals surface area contributed by atoms with Gasteiger partial charge in [0.1, 0.15) is 0 Å². The van der Waals surface area contributed by atoms with Crippen molar-refractivity contribution in [2.75, 3.05) is 0 Å². The zero-order valence-electron chi connectivity index (χ0n) is 8.59. The van der Waals surface area contributed by atoms with Crippen LogP contribution in [0.4, 0.5) is 0 Å². The largest absolute Gasteiger partial charge is 0.481 e. The molecule has 2 atom stereocenters. The summed E-state index contributed by atoms with van der Waals surface area (Å²) in [7, 11) is 0. The molecule has 0 aromatic rings. The van der Waals surface area contributed by atoms with Gasteiger partial charge in [0.05, 0.1) is 5.41 Å². The molecule has 2 heteroatoms. The van der Waals surface area contributed by atoms with Gasteiger partial charge in [0.25, 0.3) is 0 Å². The van der Waals surface area contributed by atoms with Crippen LogP contribution in [-0.2, 0) is 4.79 Å². The predicted octanol–water partition coefficient (Wildman–Crippen LogP) is 2.62. The molecule has 0 aromatic heterocycles. The van der Waals surface area contributed by atoms with Crippen LogP contribution in [0.25, 0.3) is 0 Å². The number of hydrogen-bond donors (Lipinski definition) is 1. The first-order valence-corrected chi connectivity index (χ1v) is 4.49. The van der Waals surface area contributed by atoms with E-state index in [0.717, 1.165) is 0 Å². The average Bonchev–Trinajstić information content (AvgIpc) is 2.08. The van der Waals surface area contributed by atoms with Gasteiger partial charge in [0, 0.05) is 0 Å². The Kier molecular flexibility index (Phi) is 2.33. The number of allylic oxidation sites excluding steroid dienone is 3. The Morgan fingerprint density at radius 1 is 1.54 bits per heavy atom. The first kappa shape index (κ1) is 10.0. The summed E-state index contributed by atoms with van der Waals surface area (Å²) in [4.78, 5) is 11.1. The fraction of sp³-hybridized carbons (Fsp3) is 0.545. The van der Waals surface area contributed by atoms with E-state index in [1.807, 2.05) is 26.8 Å². The second-order valence-electron chi connectivity index (χ2n) is 4.01. The van der Waals surface area contributed by atoms with Crippen LogP contribution in [0.1, 0.15) is 27.7 Å². The third kappa shape index (κ3) is 1.41. The van der Waals surface area contributed by atoms with Gasteiger partial charge in [0.15, 0.2) is 0 Å². The molecule has 0 fully saturated rings. The fourth-order valence-electron chi connectivity index (χ4n) is 1.62. The van der Waals surface area contributed by atoms with E-state index in [1.165, 1.54) is 11.1 Å². The second-order valence-corrected chi connectivity index (χ2v) is 4.01. The Bertz CT molecular complexity index is 299. The average molecular weight is 180 g/mol. The van der Waals surface area contributed by atoms with Gasteiger partial charge >= 0.3 is 5.97 Å². The zero-order valence-corrected chi connectivity index (χ0v) is 8.59. The molecule has 1 N–H and O–H groups in total. The van der Waals surface area contributed by atoms with Crippen molar-refractivity contribution in [3.05, 3.63) is 23.3 Å². The van der Waals surface area contributed by atoms with Gasteiger partial charge in [-0.05, 0) is 26.7 Å². The van der Waals surface area contributed by atoms with E-state index in [9.17, 15) is 4.79 Å². The second kappa shape index (κ2) is 3.02. The molecule has 0 bridgehead atoms. The molecule has 2 nitrogen and oxygen atoms in total. The summed E-state index contributed by atoms with van der Waals surface area (Å²) in [5.74, 6) is -0.668. The van der Waals surface area contributed by atoms with Crippen LogP contribution in [0.15, 0.2) is 23.3 Å². The van der Waals surface area contributed by atoms with E-state index >= 15 is 0 Å². The van der Waals surface area contributed by atoms with Crippen molar-refractivity contribution in [2.45, 2.75) is 27.7 Å². The number of carboxylic acid groups (broad SMARTS) is 1. The summed E-state index contributed by atoms with van der Waals surface area (Å²) in [6, 6.07) is 0. The minimum Gasteiger partial charge on any atom is -0.481 e. The monoisotopic (exact) mass is 180 g/mol. The van der Waals surface area contributed by atoms with Gasteiger partial charge in [-0.15, -0.1) is 0 Å². The van der Waals surface area contributed by atoms with Gasteiger partial charge in [0.2, 0.25) is 0 Å². The molecule has 0 heterocycles. The number of aliphatic carboxylic acids is 1. The summed E-state index contributed by atoms with van der Waals surface area (Å²) in [5.41, 5.74) is 1.63. The molecule has 1 aliphatic carbocycles. The smallest absolute Gasteiger partial charge is 0.313 e. The van der Waals surface area contributed by atoms with E-state index in [2.05, 4.69) is 0 Å². The maximum absolute atomic E-state index is 11.1. The molecule has 0 amide bonds. The number of rotatable bonds is 1. The third-order valence-electron chi connectivity index (χ3n) is 3.31. The molecule has 0 saturated carbocycles. The molecular weight excluding hydrogens is 164 g/mol. The number of hydrogen-bond acceptors (Lipinski definition) is 1. The van der Waals surface area contributed by atoms with Crippen LogP contribution in [0.5, 0.6) is 0 Å². The van der Waals surface area contributed by atoms with Crippen molar-refractivity contribution in [2.24, 2.45) is 11.3 Å². The summed E-state index contributed by atoms with van der Waals surface area (Å²) in [6.07, 6.45) is 3.70. The lowest BCUT2D eigenvalue weighted by Crippen LogP contribution is -2.35. The van der Waals surface area contributed by atoms with E-state index in [0.29, 0.717) is 0 Å². The summed E-state index contributed by atoms with van der Waals surface area (Å²) in [5, 5.41) is 9.10. The van der Waals surface area contributed by atoms with Gasteiger partial charge < -0.3 is 5.11 Å². The topological polar surface area (TPSA) is 37.3 Å². The van der Waals surface area contributed by atoms with Crippen LogP contribution in [-0.4, -0.2) is 11.1 Å². The molecule has 0 spiro atoms. The lowest BCUT2D eigenvalue weighted by molar-refractivity contribution is -0.147. The third-order valence-corrected chi connectivity index (χ3v) is 3.31. The summed E-state index contributed by atoms with van der Waals surface area (Å²) >= 11 is 0. The van der Waals surface area contributed by atoms with Gasteiger partial charge in [-0.3, -0.25) is 4.79 Å². The Morgan fingerprint density at radius 3 is 2.54 bits per heavy atom. The number of carbonyl (C=O) groups is 1. The quantitative estimate of drug-likeness (QED) is 0.673. The first-order valence-electron chi connectivity index (χ1n) is 4.49. The van der Waals surface area contributed by atoms with E-state index < -0.39 is 11.4 Å². The van der Waals surface area contributed by atoms with Gasteiger partial charge in [-0.1, -0.05) is 30.2 Å². The minimum absolute atomic E-state index is 0.0787. The maximum atomic E-state index is 11.1. The minimum atomic E-state index is -0.747. The zero-order chi connectivity index (χ0) is 10.2. The highest BCUT2D eigenvalue weighted by Crippen LogP contribution is 2.39. The van der Waals surface area contributed by atoms with E-state index in [4.69, 9.17) is 5.11 Å². The molecular formula is C11H16O2. The Balaban J connectivity index is 3.12. The van der Waals surface area contributed by atoms with Crippen molar-refractivity contribution < 1.29 is 9.90 Å². The highest BCUT2D eigenvalue weighted by atomic mass is 16.4. The van der Waals surface area contributed by atoms with Gasteiger partial charge in [-0.25, -0.2) is 0 Å². The van der Waals surface area contributed by atoms with Crippen LogP contribution < -0.4 is 0 Å². The van der Waals surface area contributed by atoms with E-state index in [1.54, 1.807) is 13.0 Å². The Labute approximate surface area is 79.0 Å². The van der Waals surface area contributed by atoms with Crippen molar-refractivity contribution in [3.8, 4) is 0 Å². The standard InChI is InChI=1S/C11H16O2/c1-7-5-6-11(4,10(12)13)9(3)8(7)2/h5-6,9H,1-4H3,(H,12,13). The van der Waals surface area contributed by atoms with Crippen molar-refractivity contribution >= 4 is 5.97 Å². The maximum Gasteiger partial charge on any atom is 0.313 e. The first-order chi connectivity index (χ1) is 5.89. The van der Waals surface area contributed by atoms with Gasteiger partial charge in [-0.2, -0.15) is 0 Å². The normalized spacial score (nSPS) is 33.7. The Hall–Kier alpha value is -1.05. The molecule has 1 rings (SSSR count). The van der Waals surface area contributed by atoms with Crippen LogP contribution in [0, 0.1) is 11.3 Å². The lowest BCUT2D eigenvalue weighted by Gasteiger charge is -2.33. The van der Waals surface area contributed by atoms with E-state index in [-0.39, 0.29) is 5.92 Å². The molecule has 1 aliphatic rings. The van der Waals surface area contributed by atoms with Crippen LogP contribution >= 0.6 is 0 Å². The van der Waals surface area contributed by atoms with Crippen molar-refractivity contribution in [1.82, 2.24) is 0 Å². The fourth-order valence-corrected chi connectivity index (χ4v) is 1.62. The van der Waals surface area contributed by atoms with Crippen molar-refractivity contribution in [3.63, 3.8) is 0 Å². The predicted molar refractivity (Wildman–Crippen MR) is 52.4 cm³/mol. The van der Waals surface area contributed by atoms with Crippen LogP contribution in [0.2, 0.25) is 0 Å². The molecule has 13 heavy (non-hydrogen) atoms. The molecule has 0 aliphatic heterocycles. The number of carboxylic acids is 1. The lowest BCUT2D eigenvalue weighted by atomic mass is 9.70. The molecule has 0 saturated heterocycles. The molecule has 0 aromatic carbocycles. The summed E-state index contributed by atoms with van der Waals surface area (Å²) in [6.45, 7) is 7.76. The Morgan fingerprint density at radius 2 is 2.08 bits per heavy atom. The van der Waals surface area contributed by atoms with Crippen LogP contribution in [0.3, 0.4) is 0 Å². The molecule has 72 valence electrons. The molecule has 0 radical (unpaired) electrons. The SMILES string of the molecule is CC1=C(C)C(C)C(C)(C(=O)O)C=C1. The highest BCUT2D eigenvalue weighted by Gasteiger charge is 2.39. The highest BCUT2D eigenvalue weighted by molar-refractivity contribution is 5.78.